The van der Waals surface area contributed by atoms with Crippen LogP contribution in [0.3, 0.4) is 0 Å². The Morgan fingerprint density at radius 1 is 1.37 bits per heavy atom. The summed E-state index contributed by atoms with van der Waals surface area (Å²) in [6.07, 6.45) is 1.48. The van der Waals surface area contributed by atoms with Crippen LogP contribution >= 0.6 is 0 Å². The monoisotopic (exact) mass is 282 g/mol. The number of hydrogen-bond acceptors (Lipinski definition) is 4. The van der Waals surface area contributed by atoms with Crippen LogP contribution < -0.4 is 11.1 Å². The Labute approximate surface area is 115 Å². The number of benzene rings is 1. The van der Waals surface area contributed by atoms with Crippen LogP contribution in [-0.2, 0) is 16.3 Å². The molecule has 1 aromatic rings. The predicted molar refractivity (Wildman–Crippen MR) is 77.8 cm³/mol. The van der Waals surface area contributed by atoms with Crippen LogP contribution in [0.25, 0.3) is 0 Å². The second-order valence-corrected chi connectivity index (χ2v) is 7.92. The van der Waals surface area contributed by atoms with Crippen LogP contribution in [0.4, 0.5) is 0 Å². The molecule has 0 aliphatic carbocycles. The normalized spacial score (nSPS) is 27.3. The van der Waals surface area contributed by atoms with E-state index < -0.39 is 9.84 Å². The van der Waals surface area contributed by atoms with Gasteiger partial charge in [0.15, 0.2) is 9.84 Å². The van der Waals surface area contributed by atoms with Gasteiger partial charge in [-0.2, -0.15) is 0 Å². The fraction of sp³-hybridized carbons (Fsp3) is 0.571. The van der Waals surface area contributed by atoms with E-state index in [1.807, 2.05) is 25.1 Å². The Bertz CT molecular complexity index is 516. The largest absolute Gasteiger partial charge is 0.326 e. The minimum atomic E-state index is -2.86. The standard InChI is InChI=1S/C14H22N2O2S/c1-14(7-8-19(17,18)11-14)16-10-13(15)9-12-5-3-2-4-6-12/h2-6,13,16H,7-11,15H2,1H3. The highest BCUT2D eigenvalue weighted by Gasteiger charge is 2.37. The van der Waals surface area contributed by atoms with Crippen LogP contribution in [0.2, 0.25) is 0 Å². The van der Waals surface area contributed by atoms with E-state index in [1.165, 1.54) is 5.56 Å². The average molecular weight is 282 g/mol. The summed E-state index contributed by atoms with van der Waals surface area (Å²) in [4.78, 5) is 0. The number of nitrogens with two attached hydrogens (primary N) is 1. The molecule has 0 spiro atoms. The third kappa shape index (κ3) is 4.30. The highest BCUT2D eigenvalue weighted by molar-refractivity contribution is 7.91. The van der Waals surface area contributed by atoms with Crippen molar-refractivity contribution in [1.82, 2.24) is 5.32 Å². The minimum absolute atomic E-state index is 0.00234. The predicted octanol–water partition coefficient (Wildman–Crippen LogP) is 0.723. The summed E-state index contributed by atoms with van der Waals surface area (Å²) in [6.45, 7) is 2.60. The smallest absolute Gasteiger partial charge is 0.152 e. The molecule has 1 heterocycles. The Hall–Kier alpha value is -0.910. The minimum Gasteiger partial charge on any atom is -0.326 e. The molecule has 0 bridgehead atoms. The maximum atomic E-state index is 11.5. The molecule has 106 valence electrons. The van der Waals surface area contributed by atoms with Crippen LogP contribution in [-0.4, -0.2) is 38.0 Å². The SMILES string of the molecule is CC1(NCC(N)Cc2ccccc2)CCS(=O)(=O)C1. The van der Waals surface area contributed by atoms with Crippen molar-refractivity contribution in [2.75, 3.05) is 18.1 Å². The molecule has 1 aliphatic heterocycles. The Morgan fingerprint density at radius 3 is 2.63 bits per heavy atom. The molecule has 0 aromatic heterocycles. The lowest BCUT2D eigenvalue weighted by atomic mass is 10.0. The highest BCUT2D eigenvalue weighted by atomic mass is 32.2. The first-order chi connectivity index (χ1) is 8.89. The third-order valence-corrected chi connectivity index (χ3v) is 5.54. The lowest BCUT2D eigenvalue weighted by Crippen LogP contribution is -2.49. The number of rotatable bonds is 5. The van der Waals surface area contributed by atoms with Crippen LogP contribution in [0.1, 0.15) is 18.9 Å². The quantitative estimate of drug-likeness (QED) is 0.835. The van der Waals surface area contributed by atoms with E-state index >= 15 is 0 Å². The third-order valence-electron chi connectivity index (χ3n) is 3.64. The molecule has 1 aromatic carbocycles. The van der Waals surface area contributed by atoms with E-state index in [4.69, 9.17) is 5.73 Å². The van der Waals surface area contributed by atoms with Crippen molar-refractivity contribution in [3.63, 3.8) is 0 Å². The van der Waals surface area contributed by atoms with Gasteiger partial charge >= 0.3 is 0 Å². The van der Waals surface area contributed by atoms with Crippen LogP contribution in [0.5, 0.6) is 0 Å². The second-order valence-electron chi connectivity index (χ2n) is 5.73. The van der Waals surface area contributed by atoms with E-state index in [-0.39, 0.29) is 23.1 Å². The lowest BCUT2D eigenvalue weighted by Gasteiger charge is -2.26. The molecule has 4 nitrogen and oxygen atoms in total. The summed E-state index contributed by atoms with van der Waals surface area (Å²) in [5.41, 5.74) is 7.00. The van der Waals surface area contributed by atoms with Gasteiger partial charge in [0.2, 0.25) is 0 Å². The molecular weight excluding hydrogens is 260 g/mol. The van der Waals surface area contributed by atoms with Gasteiger partial charge < -0.3 is 11.1 Å². The van der Waals surface area contributed by atoms with E-state index in [0.717, 1.165) is 6.42 Å². The number of sulfone groups is 1. The molecule has 0 saturated carbocycles. The maximum absolute atomic E-state index is 11.5. The molecule has 1 aliphatic rings. The van der Waals surface area contributed by atoms with Gasteiger partial charge in [-0.3, -0.25) is 0 Å². The van der Waals surface area contributed by atoms with Gasteiger partial charge in [-0.25, -0.2) is 8.42 Å². The Balaban J connectivity index is 1.83. The zero-order valence-corrected chi connectivity index (χ0v) is 12.1. The van der Waals surface area contributed by atoms with Gasteiger partial charge in [0.1, 0.15) is 0 Å². The summed E-state index contributed by atoms with van der Waals surface area (Å²) in [5.74, 6) is 0.502. The van der Waals surface area contributed by atoms with Crippen molar-refractivity contribution >= 4 is 9.84 Å². The summed E-state index contributed by atoms with van der Waals surface area (Å²) in [7, 11) is -2.86. The maximum Gasteiger partial charge on any atom is 0.152 e. The Morgan fingerprint density at radius 2 is 2.05 bits per heavy atom. The lowest BCUT2D eigenvalue weighted by molar-refractivity contribution is 0.380. The molecule has 19 heavy (non-hydrogen) atoms. The van der Waals surface area contributed by atoms with Crippen molar-refractivity contribution in [3.05, 3.63) is 35.9 Å². The first-order valence-corrected chi connectivity index (χ1v) is 8.46. The molecule has 2 atom stereocenters. The zero-order valence-electron chi connectivity index (χ0n) is 11.3. The van der Waals surface area contributed by atoms with Gasteiger partial charge in [-0.15, -0.1) is 0 Å². The summed E-state index contributed by atoms with van der Waals surface area (Å²) < 4.78 is 23.0. The topological polar surface area (TPSA) is 72.2 Å². The van der Waals surface area contributed by atoms with Crippen molar-refractivity contribution in [2.45, 2.75) is 31.3 Å². The highest BCUT2D eigenvalue weighted by Crippen LogP contribution is 2.22. The molecule has 5 heteroatoms. The van der Waals surface area contributed by atoms with E-state index in [1.54, 1.807) is 0 Å². The summed E-state index contributed by atoms with van der Waals surface area (Å²) >= 11 is 0. The summed E-state index contributed by atoms with van der Waals surface area (Å²) in [5, 5.41) is 3.33. The molecule has 0 radical (unpaired) electrons. The first kappa shape index (κ1) is 14.5. The van der Waals surface area contributed by atoms with Gasteiger partial charge in [0.25, 0.3) is 0 Å². The van der Waals surface area contributed by atoms with E-state index in [9.17, 15) is 8.42 Å². The molecule has 3 N–H and O–H groups in total. The Kier molecular flexibility index (Phi) is 4.28. The molecule has 1 saturated heterocycles. The fourth-order valence-electron chi connectivity index (χ4n) is 2.52. The zero-order chi connectivity index (χ0) is 13.9. The van der Waals surface area contributed by atoms with E-state index in [0.29, 0.717) is 13.0 Å². The second kappa shape index (κ2) is 5.61. The molecular formula is C14H22N2O2S. The first-order valence-electron chi connectivity index (χ1n) is 6.64. The molecule has 2 unspecified atom stereocenters. The van der Waals surface area contributed by atoms with Crippen molar-refractivity contribution in [1.29, 1.82) is 0 Å². The number of hydrogen-bond donors (Lipinski definition) is 2. The summed E-state index contributed by atoms with van der Waals surface area (Å²) in [6, 6.07) is 10.1. The van der Waals surface area contributed by atoms with Gasteiger partial charge in [-0.1, -0.05) is 30.3 Å². The van der Waals surface area contributed by atoms with Gasteiger partial charge in [0, 0.05) is 18.1 Å². The fourth-order valence-corrected chi connectivity index (χ4v) is 4.64. The van der Waals surface area contributed by atoms with Crippen LogP contribution in [0, 0.1) is 0 Å². The van der Waals surface area contributed by atoms with Crippen molar-refractivity contribution in [2.24, 2.45) is 5.73 Å². The number of nitrogens with one attached hydrogen (secondary N) is 1. The molecule has 2 rings (SSSR count). The molecule has 1 fully saturated rings. The van der Waals surface area contributed by atoms with Gasteiger partial charge in [-0.05, 0) is 25.3 Å². The molecule has 0 amide bonds. The van der Waals surface area contributed by atoms with Crippen molar-refractivity contribution < 1.29 is 8.42 Å². The average Bonchev–Trinajstić information content (AvgIpc) is 2.63. The van der Waals surface area contributed by atoms with E-state index in [2.05, 4.69) is 17.4 Å². The van der Waals surface area contributed by atoms with Gasteiger partial charge in [0.05, 0.1) is 11.5 Å². The van der Waals surface area contributed by atoms with Crippen LogP contribution in [0.15, 0.2) is 30.3 Å². The van der Waals surface area contributed by atoms with Crippen molar-refractivity contribution in [3.8, 4) is 0 Å².